The molecule has 0 radical (unpaired) electrons. The number of nitrogens with two attached hydrogens (primary N) is 1. The summed E-state index contributed by atoms with van der Waals surface area (Å²) in [4.78, 5) is 22.9. The predicted octanol–water partition coefficient (Wildman–Crippen LogP) is 1.19. The number of hydrogen-bond donors (Lipinski definition) is 3. The summed E-state index contributed by atoms with van der Waals surface area (Å²) in [5.41, 5.74) is 4.62. The molecule has 0 saturated heterocycles. The molecule has 0 fully saturated rings. The fourth-order valence-electron chi connectivity index (χ4n) is 1.48. The standard InChI is InChI=1S/C13H17F2N3O2/c1-2-4-17-12(19)3-5-18-13(20)8-6-11(16)10(15)7-9(8)14/h6-7H,2-5,16H2,1H3,(H,17,19)(H,18,20). The minimum absolute atomic E-state index is 0.0606. The maximum atomic E-state index is 13.4. The van der Waals surface area contributed by atoms with Crippen molar-refractivity contribution in [3.8, 4) is 0 Å². The molecule has 0 heterocycles. The Labute approximate surface area is 115 Å². The van der Waals surface area contributed by atoms with Gasteiger partial charge in [-0.25, -0.2) is 8.78 Å². The van der Waals surface area contributed by atoms with Gasteiger partial charge in [0.05, 0.1) is 11.3 Å². The van der Waals surface area contributed by atoms with E-state index in [9.17, 15) is 18.4 Å². The van der Waals surface area contributed by atoms with Crippen LogP contribution in [0.25, 0.3) is 0 Å². The van der Waals surface area contributed by atoms with E-state index in [0.29, 0.717) is 12.6 Å². The highest BCUT2D eigenvalue weighted by molar-refractivity contribution is 5.95. The summed E-state index contributed by atoms with van der Waals surface area (Å²) >= 11 is 0. The van der Waals surface area contributed by atoms with E-state index >= 15 is 0 Å². The molecule has 0 saturated carbocycles. The highest BCUT2D eigenvalue weighted by atomic mass is 19.1. The van der Waals surface area contributed by atoms with Crippen LogP contribution in [0.5, 0.6) is 0 Å². The van der Waals surface area contributed by atoms with Crippen LogP contribution >= 0.6 is 0 Å². The zero-order valence-electron chi connectivity index (χ0n) is 11.1. The number of benzene rings is 1. The fourth-order valence-corrected chi connectivity index (χ4v) is 1.48. The van der Waals surface area contributed by atoms with Crippen molar-refractivity contribution < 1.29 is 18.4 Å². The van der Waals surface area contributed by atoms with Gasteiger partial charge in [-0.05, 0) is 12.5 Å². The molecule has 0 aliphatic rings. The number of rotatable bonds is 6. The predicted molar refractivity (Wildman–Crippen MR) is 71.0 cm³/mol. The molecule has 1 aromatic carbocycles. The number of anilines is 1. The fraction of sp³-hybridized carbons (Fsp3) is 0.385. The van der Waals surface area contributed by atoms with Crippen molar-refractivity contribution in [2.75, 3.05) is 18.8 Å². The Morgan fingerprint density at radius 2 is 1.85 bits per heavy atom. The first kappa shape index (κ1) is 15.9. The van der Waals surface area contributed by atoms with Gasteiger partial charge in [-0.2, -0.15) is 0 Å². The Bertz CT molecular complexity index is 507. The second-order valence-electron chi connectivity index (χ2n) is 4.21. The normalized spacial score (nSPS) is 10.2. The van der Waals surface area contributed by atoms with Crippen LogP contribution in [0.2, 0.25) is 0 Å². The quantitative estimate of drug-likeness (QED) is 0.686. The van der Waals surface area contributed by atoms with Crippen molar-refractivity contribution in [2.24, 2.45) is 0 Å². The Morgan fingerprint density at radius 1 is 1.15 bits per heavy atom. The van der Waals surface area contributed by atoms with E-state index in [-0.39, 0.29) is 30.1 Å². The Balaban J connectivity index is 2.51. The van der Waals surface area contributed by atoms with E-state index in [4.69, 9.17) is 5.73 Å². The van der Waals surface area contributed by atoms with Gasteiger partial charge in [0, 0.05) is 25.6 Å². The molecule has 0 unspecified atom stereocenters. The van der Waals surface area contributed by atoms with Gasteiger partial charge >= 0.3 is 0 Å². The van der Waals surface area contributed by atoms with Crippen LogP contribution in [-0.2, 0) is 4.79 Å². The molecule has 0 spiro atoms. The van der Waals surface area contributed by atoms with Crippen LogP contribution in [0.4, 0.5) is 14.5 Å². The molecule has 0 atom stereocenters. The number of amides is 2. The largest absolute Gasteiger partial charge is 0.396 e. The number of carbonyl (C=O) groups is 2. The lowest BCUT2D eigenvalue weighted by molar-refractivity contribution is -0.120. The molecule has 20 heavy (non-hydrogen) atoms. The van der Waals surface area contributed by atoms with Gasteiger partial charge < -0.3 is 16.4 Å². The lowest BCUT2D eigenvalue weighted by Crippen LogP contribution is -2.31. The topological polar surface area (TPSA) is 84.2 Å². The van der Waals surface area contributed by atoms with Gasteiger partial charge in [0.25, 0.3) is 5.91 Å². The molecule has 7 heteroatoms. The zero-order valence-corrected chi connectivity index (χ0v) is 11.1. The van der Waals surface area contributed by atoms with E-state index in [0.717, 1.165) is 12.5 Å². The average Bonchev–Trinajstić information content (AvgIpc) is 2.40. The van der Waals surface area contributed by atoms with Gasteiger partial charge in [0.2, 0.25) is 5.91 Å². The molecule has 0 aromatic heterocycles. The van der Waals surface area contributed by atoms with Crippen LogP contribution in [0.1, 0.15) is 30.1 Å². The van der Waals surface area contributed by atoms with Crippen molar-refractivity contribution in [3.63, 3.8) is 0 Å². The first-order chi connectivity index (χ1) is 9.45. The van der Waals surface area contributed by atoms with Gasteiger partial charge in [0.1, 0.15) is 11.6 Å². The molecule has 0 aliphatic carbocycles. The second-order valence-corrected chi connectivity index (χ2v) is 4.21. The number of halogens is 2. The lowest BCUT2D eigenvalue weighted by Gasteiger charge is -2.07. The van der Waals surface area contributed by atoms with E-state index in [1.807, 2.05) is 6.92 Å². The molecule has 2 amide bonds. The molecule has 1 aromatic rings. The van der Waals surface area contributed by atoms with Gasteiger partial charge in [-0.15, -0.1) is 0 Å². The van der Waals surface area contributed by atoms with Gasteiger partial charge in [-0.1, -0.05) is 6.92 Å². The molecular weight excluding hydrogens is 268 g/mol. The molecule has 0 bridgehead atoms. The highest BCUT2D eigenvalue weighted by Gasteiger charge is 2.14. The third kappa shape index (κ3) is 4.49. The van der Waals surface area contributed by atoms with E-state index < -0.39 is 17.5 Å². The Hall–Kier alpha value is -2.18. The summed E-state index contributed by atoms with van der Waals surface area (Å²) in [6, 6.07) is 1.48. The Morgan fingerprint density at radius 3 is 2.50 bits per heavy atom. The van der Waals surface area contributed by atoms with Gasteiger partial charge in [-0.3, -0.25) is 9.59 Å². The van der Waals surface area contributed by atoms with E-state index in [2.05, 4.69) is 10.6 Å². The van der Waals surface area contributed by atoms with Crippen molar-refractivity contribution in [3.05, 3.63) is 29.3 Å². The molecule has 5 nitrogen and oxygen atoms in total. The van der Waals surface area contributed by atoms with Crippen LogP contribution in [0, 0.1) is 11.6 Å². The first-order valence-electron chi connectivity index (χ1n) is 6.25. The van der Waals surface area contributed by atoms with Crippen molar-refractivity contribution in [1.82, 2.24) is 10.6 Å². The monoisotopic (exact) mass is 285 g/mol. The minimum Gasteiger partial charge on any atom is -0.396 e. The Kier molecular flexibility index (Phi) is 5.89. The minimum atomic E-state index is -0.996. The molecule has 0 aliphatic heterocycles. The number of hydrogen-bond acceptors (Lipinski definition) is 3. The van der Waals surface area contributed by atoms with Crippen molar-refractivity contribution in [2.45, 2.75) is 19.8 Å². The maximum Gasteiger partial charge on any atom is 0.254 e. The third-order valence-corrected chi connectivity index (χ3v) is 2.54. The van der Waals surface area contributed by atoms with Crippen LogP contribution < -0.4 is 16.4 Å². The third-order valence-electron chi connectivity index (χ3n) is 2.54. The van der Waals surface area contributed by atoms with E-state index in [1.165, 1.54) is 0 Å². The SMILES string of the molecule is CCCNC(=O)CCNC(=O)c1cc(N)c(F)cc1F. The summed E-state index contributed by atoms with van der Waals surface area (Å²) < 4.78 is 26.3. The smallest absolute Gasteiger partial charge is 0.254 e. The van der Waals surface area contributed by atoms with Crippen molar-refractivity contribution >= 4 is 17.5 Å². The van der Waals surface area contributed by atoms with Crippen LogP contribution in [0.3, 0.4) is 0 Å². The second kappa shape index (κ2) is 7.42. The number of nitrogen functional groups attached to an aromatic ring is 1. The molecule has 1 rings (SSSR count). The van der Waals surface area contributed by atoms with Crippen molar-refractivity contribution in [1.29, 1.82) is 0 Å². The summed E-state index contributed by atoms with van der Waals surface area (Å²) in [7, 11) is 0. The number of carbonyl (C=O) groups excluding carboxylic acids is 2. The summed E-state index contributed by atoms with van der Waals surface area (Å²) in [6.45, 7) is 2.55. The lowest BCUT2D eigenvalue weighted by atomic mass is 10.1. The van der Waals surface area contributed by atoms with Crippen LogP contribution in [-0.4, -0.2) is 24.9 Å². The zero-order chi connectivity index (χ0) is 15.1. The van der Waals surface area contributed by atoms with E-state index in [1.54, 1.807) is 0 Å². The molecular formula is C13H17F2N3O2. The first-order valence-corrected chi connectivity index (χ1v) is 6.25. The number of nitrogens with one attached hydrogen (secondary N) is 2. The average molecular weight is 285 g/mol. The summed E-state index contributed by atoms with van der Waals surface area (Å²) in [5.74, 6) is -2.86. The van der Waals surface area contributed by atoms with Gasteiger partial charge in [0.15, 0.2) is 0 Å². The summed E-state index contributed by atoms with van der Waals surface area (Å²) in [5, 5.41) is 5.02. The molecule has 110 valence electrons. The highest BCUT2D eigenvalue weighted by Crippen LogP contribution is 2.16. The maximum absolute atomic E-state index is 13.4. The summed E-state index contributed by atoms with van der Waals surface area (Å²) in [6.07, 6.45) is 0.905. The molecule has 4 N–H and O–H groups in total. The van der Waals surface area contributed by atoms with Crippen LogP contribution in [0.15, 0.2) is 12.1 Å².